The van der Waals surface area contributed by atoms with Crippen LogP contribution in [0.3, 0.4) is 0 Å². The number of ether oxygens (including phenoxy) is 1. The van der Waals surface area contributed by atoms with E-state index in [2.05, 4.69) is 11.7 Å². The highest BCUT2D eigenvalue weighted by Gasteiger charge is 2.40. The molecule has 2 aromatic rings. The van der Waals surface area contributed by atoms with Gasteiger partial charge in [0.05, 0.1) is 5.56 Å². The Labute approximate surface area is 213 Å². The Balaban J connectivity index is 1.34. The van der Waals surface area contributed by atoms with Gasteiger partial charge >= 0.3 is 12.3 Å². The average Bonchev–Trinajstić information content (AvgIpc) is 2.83. The second-order valence-electron chi connectivity index (χ2n) is 10.7. The molecule has 8 heteroatoms. The van der Waals surface area contributed by atoms with Crippen LogP contribution < -0.4 is 4.74 Å². The summed E-state index contributed by atoms with van der Waals surface area (Å²) in [6.45, 7) is 2.25. The zero-order valence-corrected chi connectivity index (χ0v) is 20.9. The summed E-state index contributed by atoms with van der Waals surface area (Å²) in [5.41, 5.74) is -1.74. The second kappa shape index (κ2) is 11.2. The molecule has 1 nitrogen and oxygen atoms in total. The fourth-order valence-corrected chi connectivity index (χ4v) is 6.32. The lowest BCUT2D eigenvalue weighted by Crippen LogP contribution is -2.25. The van der Waals surface area contributed by atoms with Crippen molar-refractivity contribution in [2.75, 3.05) is 0 Å². The molecule has 2 saturated carbocycles. The van der Waals surface area contributed by atoms with Gasteiger partial charge in [0.25, 0.3) is 0 Å². The van der Waals surface area contributed by atoms with E-state index in [9.17, 15) is 30.7 Å². The minimum absolute atomic E-state index is 0.114. The van der Waals surface area contributed by atoms with Gasteiger partial charge in [-0.2, -0.15) is 22.0 Å². The number of alkyl halides is 5. The normalized spacial score (nSPS) is 25.2. The van der Waals surface area contributed by atoms with E-state index < -0.39 is 40.8 Å². The molecule has 0 heterocycles. The molecule has 0 unspecified atom stereocenters. The lowest BCUT2D eigenvalue weighted by molar-refractivity contribution is -0.185. The topological polar surface area (TPSA) is 9.23 Å². The Hall–Kier alpha value is -2.25. The number of benzene rings is 2. The maximum absolute atomic E-state index is 14.7. The largest absolute Gasteiger partial charge is 0.429 e. The highest BCUT2D eigenvalue weighted by molar-refractivity contribution is 5.34. The van der Waals surface area contributed by atoms with Gasteiger partial charge in [0, 0.05) is 12.1 Å². The maximum Gasteiger partial charge on any atom is 0.426 e. The van der Waals surface area contributed by atoms with E-state index >= 15 is 0 Å². The molecule has 0 N–H and O–H groups in total. The fourth-order valence-electron chi connectivity index (χ4n) is 6.32. The molecule has 2 aliphatic carbocycles. The third-order valence-electron chi connectivity index (χ3n) is 8.29. The highest BCUT2D eigenvalue weighted by Crippen LogP contribution is 2.45. The molecule has 0 atom stereocenters. The van der Waals surface area contributed by atoms with Crippen molar-refractivity contribution in [2.45, 2.75) is 89.3 Å². The van der Waals surface area contributed by atoms with E-state index in [-0.39, 0.29) is 18.1 Å². The summed E-state index contributed by atoms with van der Waals surface area (Å²) in [4.78, 5) is 0. The standard InChI is InChI=1S/C29H33F7O/c1-2-3-18-4-6-19(7-5-18)20-8-10-21(11-9-20)22-12-14-23(15-13-22)29(35,36)37-24-16-25(30)27(26(31)17-24)28(32,33)34/h12-21H,2-11H2,1H3. The first-order valence-corrected chi connectivity index (χ1v) is 13.2. The Kier molecular flexibility index (Phi) is 8.44. The molecule has 204 valence electrons. The molecule has 0 spiro atoms. The molecule has 37 heavy (non-hydrogen) atoms. The SMILES string of the molecule is CCCC1CCC(C2CCC(c3ccc(C(F)(F)Oc4cc(F)c(C(F)(F)F)c(F)c4)cc3)CC2)CC1. The van der Waals surface area contributed by atoms with E-state index in [0.717, 1.165) is 49.0 Å². The molecular formula is C29H33F7O. The molecule has 0 aromatic heterocycles. The van der Waals surface area contributed by atoms with Crippen LogP contribution in [-0.2, 0) is 12.3 Å². The van der Waals surface area contributed by atoms with Gasteiger partial charge in [0.1, 0.15) is 22.9 Å². The number of hydrogen-bond acceptors (Lipinski definition) is 1. The van der Waals surface area contributed by atoms with Crippen molar-refractivity contribution in [2.24, 2.45) is 17.8 Å². The van der Waals surface area contributed by atoms with Gasteiger partial charge in [-0.25, -0.2) is 8.78 Å². The Morgan fingerprint density at radius 3 is 1.76 bits per heavy atom. The van der Waals surface area contributed by atoms with Gasteiger partial charge in [-0.1, -0.05) is 44.7 Å². The van der Waals surface area contributed by atoms with Crippen LogP contribution >= 0.6 is 0 Å². The van der Waals surface area contributed by atoms with Crippen molar-refractivity contribution in [1.82, 2.24) is 0 Å². The second-order valence-corrected chi connectivity index (χ2v) is 10.7. The lowest BCUT2D eigenvalue weighted by atomic mass is 9.68. The average molecular weight is 531 g/mol. The third kappa shape index (κ3) is 6.61. The summed E-state index contributed by atoms with van der Waals surface area (Å²) < 4.78 is 99.4. The van der Waals surface area contributed by atoms with Crippen molar-refractivity contribution >= 4 is 0 Å². The number of halogens is 7. The minimum Gasteiger partial charge on any atom is -0.429 e. The minimum atomic E-state index is -5.29. The number of hydrogen-bond donors (Lipinski definition) is 0. The zero-order chi connectivity index (χ0) is 26.8. The van der Waals surface area contributed by atoms with Crippen LogP contribution in [-0.4, -0.2) is 0 Å². The van der Waals surface area contributed by atoms with Crippen LogP contribution in [0, 0.1) is 29.4 Å². The van der Waals surface area contributed by atoms with Crippen LogP contribution in [0.5, 0.6) is 5.75 Å². The molecule has 4 rings (SSSR count). The fraction of sp³-hybridized carbons (Fsp3) is 0.586. The van der Waals surface area contributed by atoms with Crippen molar-refractivity contribution in [3.63, 3.8) is 0 Å². The van der Waals surface area contributed by atoms with E-state index in [0.29, 0.717) is 0 Å². The van der Waals surface area contributed by atoms with Crippen molar-refractivity contribution in [3.05, 3.63) is 64.7 Å². The summed E-state index contributed by atoms with van der Waals surface area (Å²) in [5, 5.41) is 0. The predicted molar refractivity (Wildman–Crippen MR) is 127 cm³/mol. The van der Waals surface area contributed by atoms with E-state index in [1.165, 1.54) is 50.7 Å². The highest BCUT2D eigenvalue weighted by atomic mass is 19.4. The molecule has 0 amide bonds. The van der Waals surface area contributed by atoms with Gasteiger partial charge in [-0.15, -0.1) is 0 Å². The Morgan fingerprint density at radius 2 is 1.27 bits per heavy atom. The summed E-state index contributed by atoms with van der Waals surface area (Å²) in [5.74, 6) is -2.35. The van der Waals surface area contributed by atoms with Crippen LogP contribution in [0.2, 0.25) is 0 Å². The van der Waals surface area contributed by atoms with Crippen LogP contribution in [0.1, 0.15) is 93.7 Å². The summed E-state index contributed by atoms with van der Waals surface area (Å²) in [6, 6.07) is 5.86. The van der Waals surface area contributed by atoms with E-state index in [4.69, 9.17) is 0 Å². The van der Waals surface area contributed by atoms with Crippen LogP contribution in [0.15, 0.2) is 36.4 Å². The quantitative estimate of drug-likeness (QED) is 0.324. The molecule has 0 saturated heterocycles. The third-order valence-corrected chi connectivity index (χ3v) is 8.29. The molecule has 0 bridgehead atoms. The van der Waals surface area contributed by atoms with Crippen molar-refractivity contribution in [1.29, 1.82) is 0 Å². The smallest absolute Gasteiger partial charge is 0.426 e. The summed E-state index contributed by atoms with van der Waals surface area (Å²) in [6.07, 6.45) is 2.91. The lowest BCUT2D eigenvalue weighted by Gasteiger charge is -2.38. The number of rotatable bonds is 7. The first-order valence-electron chi connectivity index (χ1n) is 13.2. The summed E-state index contributed by atoms with van der Waals surface area (Å²) in [7, 11) is 0. The van der Waals surface area contributed by atoms with Gasteiger partial charge in [-0.3, -0.25) is 0 Å². The maximum atomic E-state index is 14.7. The van der Waals surface area contributed by atoms with E-state index in [1.807, 2.05) is 0 Å². The Bertz CT molecular complexity index is 1010. The zero-order valence-electron chi connectivity index (χ0n) is 20.9. The van der Waals surface area contributed by atoms with Crippen LogP contribution in [0.4, 0.5) is 30.7 Å². The predicted octanol–water partition coefficient (Wildman–Crippen LogP) is 9.99. The molecule has 2 aliphatic rings. The van der Waals surface area contributed by atoms with Gasteiger partial charge < -0.3 is 4.74 Å². The van der Waals surface area contributed by atoms with Gasteiger partial charge in [-0.05, 0) is 79.9 Å². The van der Waals surface area contributed by atoms with Crippen molar-refractivity contribution < 1.29 is 35.5 Å². The molecule has 2 aromatic carbocycles. The Morgan fingerprint density at radius 1 is 0.757 bits per heavy atom. The molecular weight excluding hydrogens is 497 g/mol. The summed E-state index contributed by atoms with van der Waals surface area (Å²) >= 11 is 0. The molecule has 0 aliphatic heterocycles. The molecule has 0 radical (unpaired) electrons. The van der Waals surface area contributed by atoms with Crippen LogP contribution in [0.25, 0.3) is 0 Å². The monoisotopic (exact) mass is 530 g/mol. The molecule has 2 fully saturated rings. The van der Waals surface area contributed by atoms with Gasteiger partial charge in [0.2, 0.25) is 0 Å². The first-order chi connectivity index (χ1) is 17.5. The first kappa shape index (κ1) is 27.8. The van der Waals surface area contributed by atoms with E-state index in [1.54, 1.807) is 12.1 Å². The van der Waals surface area contributed by atoms with Crippen molar-refractivity contribution in [3.8, 4) is 5.75 Å². The van der Waals surface area contributed by atoms with Gasteiger partial charge in [0.15, 0.2) is 0 Å².